The van der Waals surface area contributed by atoms with E-state index in [-0.39, 0.29) is 55.1 Å². The number of amides is 4. The summed E-state index contributed by atoms with van der Waals surface area (Å²) >= 11 is 0. The quantitative estimate of drug-likeness (QED) is 0.117. The van der Waals surface area contributed by atoms with Gasteiger partial charge in [0.2, 0.25) is 11.7 Å². The molecule has 1 aliphatic carbocycles. The fraction of sp³-hybridized carbons (Fsp3) is 0.351. The molecule has 2 aromatic heterocycles. The summed E-state index contributed by atoms with van der Waals surface area (Å²) in [7, 11) is 3.21. The van der Waals surface area contributed by atoms with Crippen molar-refractivity contribution in [1.82, 2.24) is 24.8 Å². The first-order chi connectivity index (χ1) is 24.7. The number of esters is 1. The van der Waals surface area contributed by atoms with Crippen LogP contribution in [-0.2, 0) is 33.1 Å². The zero-order valence-electron chi connectivity index (χ0n) is 29.9. The molecule has 0 spiro atoms. The molecule has 2 heterocycles. The van der Waals surface area contributed by atoms with Gasteiger partial charge in [0.1, 0.15) is 23.9 Å². The zero-order chi connectivity index (χ0) is 37.6. The molecule has 0 bridgehead atoms. The van der Waals surface area contributed by atoms with Crippen LogP contribution < -0.4 is 21.3 Å². The standard InChI is InChI=1S/C37H43N7O8/c1-7-50-34(47)31-41-30(20-44(31)6)42-33(46)29-18-22(19-43(29)5)39-32(45)28(16-17-38-35(48)52-37(2,3)4)40-36(49)51-21-27-25-14-10-8-12-23(25)24-13-9-11-15-26(24)27/h8-15,18-20,27-28H,7,16-17,21H2,1-6H3,(H,38,48)(H,39,45)(H,40,49)(H,42,46)/t28-/m0/s1. The fourth-order valence-electron chi connectivity index (χ4n) is 5.86. The van der Waals surface area contributed by atoms with Crippen LogP contribution in [0.5, 0.6) is 0 Å². The molecule has 0 unspecified atom stereocenters. The lowest BCUT2D eigenvalue weighted by molar-refractivity contribution is -0.118. The lowest BCUT2D eigenvalue weighted by Gasteiger charge is -2.21. The molecule has 0 fully saturated rings. The average Bonchev–Trinajstić information content (AvgIpc) is 3.74. The highest BCUT2D eigenvalue weighted by Gasteiger charge is 2.30. The number of alkyl carbamates (subject to hydrolysis) is 2. The van der Waals surface area contributed by atoms with Crippen molar-refractivity contribution in [2.75, 3.05) is 30.4 Å². The third-order valence-corrected chi connectivity index (χ3v) is 8.13. The van der Waals surface area contributed by atoms with E-state index < -0.39 is 41.6 Å². The van der Waals surface area contributed by atoms with E-state index in [0.29, 0.717) is 0 Å². The van der Waals surface area contributed by atoms with Crippen LogP contribution in [-0.4, -0.2) is 75.5 Å². The third-order valence-electron chi connectivity index (χ3n) is 8.13. The minimum atomic E-state index is -1.14. The Morgan fingerprint density at radius 3 is 2.15 bits per heavy atom. The van der Waals surface area contributed by atoms with Gasteiger partial charge >= 0.3 is 18.2 Å². The summed E-state index contributed by atoms with van der Waals surface area (Å²) in [6, 6.07) is 16.2. The number of hydrogen-bond acceptors (Lipinski definition) is 9. The molecular formula is C37H43N7O8. The van der Waals surface area contributed by atoms with Gasteiger partial charge in [-0.1, -0.05) is 48.5 Å². The van der Waals surface area contributed by atoms with Gasteiger partial charge in [-0.15, -0.1) is 0 Å². The Bertz CT molecular complexity index is 1930. The van der Waals surface area contributed by atoms with Crippen molar-refractivity contribution in [3.05, 3.63) is 89.6 Å². The number of benzene rings is 2. The first kappa shape index (κ1) is 37.1. The molecule has 0 radical (unpaired) electrons. The number of aromatic nitrogens is 3. The van der Waals surface area contributed by atoms with E-state index in [2.05, 4.69) is 26.3 Å². The highest BCUT2D eigenvalue weighted by molar-refractivity contribution is 6.05. The van der Waals surface area contributed by atoms with Gasteiger partial charge in [0.25, 0.3) is 5.91 Å². The number of carbonyl (C=O) groups excluding carboxylic acids is 5. The predicted octanol–water partition coefficient (Wildman–Crippen LogP) is 4.95. The first-order valence-corrected chi connectivity index (χ1v) is 16.8. The summed E-state index contributed by atoms with van der Waals surface area (Å²) in [6.07, 6.45) is 1.51. The lowest BCUT2D eigenvalue weighted by Crippen LogP contribution is -2.46. The Balaban J connectivity index is 1.25. The lowest BCUT2D eigenvalue weighted by atomic mass is 9.98. The monoisotopic (exact) mass is 713 g/mol. The maximum Gasteiger partial charge on any atom is 0.407 e. The molecule has 15 nitrogen and oxygen atoms in total. The van der Waals surface area contributed by atoms with Crippen molar-refractivity contribution in [3.63, 3.8) is 0 Å². The Hall–Kier alpha value is -6.12. The Labute approximate surface area is 301 Å². The Kier molecular flexibility index (Phi) is 11.3. The van der Waals surface area contributed by atoms with Gasteiger partial charge in [0.05, 0.1) is 12.3 Å². The van der Waals surface area contributed by atoms with E-state index in [0.717, 1.165) is 22.3 Å². The van der Waals surface area contributed by atoms with Crippen LogP contribution >= 0.6 is 0 Å². The van der Waals surface area contributed by atoms with E-state index in [4.69, 9.17) is 14.2 Å². The van der Waals surface area contributed by atoms with Gasteiger partial charge in [-0.2, -0.15) is 0 Å². The summed E-state index contributed by atoms with van der Waals surface area (Å²) in [5, 5.41) is 10.6. The van der Waals surface area contributed by atoms with Crippen LogP contribution in [0.15, 0.2) is 67.0 Å². The summed E-state index contributed by atoms with van der Waals surface area (Å²) in [5.74, 6) is -1.82. The summed E-state index contributed by atoms with van der Waals surface area (Å²) < 4.78 is 18.9. The van der Waals surface area contributed by atoms with Crippen LogP contribution in [0.3, 0.4) is 0 Å². The molecule has 1 atom stereocenters. The second-order valence-electron chi connectivity index (χ2n) is 13.2. The summed E-state index contributed by atoms with van der Waals surface area (Å²) in [5.41, 5.74) is 3.95. The van der Waals surface area contributed by atoms with Gasteiger partial charge < -0.3 is 44.6 Å². The summed E-state index contributed by atoms with van der Waals surface area (Å²) in [6.45, 7) is 7.08. The van der Waals surface area contributed by atoms with Crippen molar-refractivity contribution in [2.24, 2.45) is 14.1 Å². The van der Waals surface area contributed by atoms with Gasteiger partial charge in [-0.25, -0.2) is 19.4 Å². The number of rotatable bonds is 12. The molecule has 4 amide bonds. The molecule has 2 aromatic carbocycles. The van der Waals surface area contributed by atoms with Gasteiger partial charge in [-0.3, -0.25) is 9.59 Å². The number of nitrogens with one attached hydrogen (secondary N) is 4. The highest BCUT2D eigenvalue weighted by atomic mass is 16.6. The van der Waals surface area contributed by atoms with Crippen LogP contribution in [0.4, 0.5) is 21.1 Å². The number of nitrogens with zero attached hydrogens (tertiary/aromatic N) is 3. The number of fused-ring (bicyclic) bond motifs is 3. The van der Waals surface area contributed by atoms with E-state index in [9.17, 15) is 24.0 Å². The van der Waals surface area contributed by atoms with Crippen molar-refractivity contribution < 1.29 is 38.2 Å². The second-order valence-corrected chi connectivity index (χ2v) is 13.2. The van der Waals surface area contributed by atoms with E-state index in [1.807, 2.05) is 48.5 Å². The molecule has 0 saturated heterocycles. The van der Waals surface area contributed by atoms with Crippen LogP contribution in [0.1, 0.15) is 72.3 Å². The van der Waals surface area contributed by atoms with Crippen molar-refractivity contribution in [1.29, 1.82) is 0 Å². The normalized spacial score (nSPS) is 12.6. The SMILES string of the molecule is CCOC(=O)c1nc(NC(=O)c2cc(NC(=O)[C@H](CCNC(=O)OC(C)(C)C)NC(=O)OCC3c4ccccc4-c4ccccc43)cn2C)cn1C. The molecule has 274 valence electrons. The van der Waals surface area contributed by atoms with Crippen LogP contribution in [0.2, 0.25) is 0 Å². The number of carbonyl (C=O) groups is 5. The highest BCUT2D eigenvalue weighted by Crippen LogP contribution is 2.44. The minimum Gasteiger partial charge on any atom is -0.460 e. The smallest absolute Gasteiger partial charge is 0.407 e. The Morgan fingerprint density at radius 1 is 0.865 bits per heavy atom. The van der Waals surface area contributed by atoms with Gasteiger partial charge in [-0.05, 0) is 62.4 Å². The van der Waals surface area contributed by atoms with Crippen LogP contribution in [0, 0.1) is 0 Å². The number of imidazole rings is 1. The molecule has 4 N–H and O–H groups in total. The molecule has 15 heteroatoms. The van der Waals surface area contributed by atoms with E-state index in [1.54, 1.807) is 41.8 Å². The third kappa shape index (κ3) is 8.96. The van der Waals surface area contributed by atoms with Crippen LogP contribution in [0.25, 0.3) is 11.1 Å². The Morgan fingerprint density at radius 2 is 1.52 bits per heavy atom. The van der Waals surface area contributed by atoms with E-state index >= 15 is 0 Å². The number of ether oxygens (including phenoxy) is 3. The number of anilines is 2. The van der Waals surface area contributed by atoms with E-state index in [1.165, 1.54) is 27.6 Å². The largest absolute Gasteiger partial charge is 0.460 e. The predicted molar refractivity (Wildman–Crippen MR) is 192 cm³/mol. The molecule has 52 heavy (non-hydrogen) atoms. The molecule has 0 aliphatic heterocycles. The molecule has 5 rings (SSSR count). The van der Waals surface area contributed by atoms with Crippen molar-refractivity contribution in [3.8, 4) is 11.1 Å². The summed E-state index contributed by atoms with van der Waals surface area (Å²) in [4.78, 5) is 68.5. The molecular weight excluding hydrogens is 670 g/mol. The second kappa shape index (κ2) is 15.8. The molecule has 0 saturated carbocycles. The van der Waals surface area contributed by atoms with Crippen molar-refractivity contribution in [2.45, 2.75) is 51.7 Å². The minimum absolute atomic E-state index is 0.00206. The maximum atomic E-state index is 13.6. The average molecular weight is 714 g/mol. The molecule has 1 aliphatic rings. The topological polar surface area (TPSA) is 184 Å². The number of hydrogen-bond donors (Lipinski definition) is 4. The molecule has 4 aromatic rings. The first-order valence-electron chi connectivity index (χ1n) is 16.8. The van der Waals surface area contributed by atoms with Crippen molar-refractivity contribution >= 4 is 41.5 Å². The fourth-order valence-corrected chi connectivity index (χ4v) is 5.86. The maximum absolute atomic E-state index is 13.6. The zero-order valence-corrected chi connectivity index (χ0v) is 29.9. The van der Waals surface area contributed by atoms with Gasteiger partial charge in [0, 0.05) is 39.0 Å². The number of aryl methyl sites for hydroxylation is 2. The van der Waals surface area contributed by atoms with Gasteiger partial charge in [0.15, 0.2) is 5.82 Å².